The Balaban J connectivity index is 2.25. The number of hydrogen-bond acceptors (Lipinski definition) is 3. The lowest BCUT2D eigenvalue weighted by Gasteiger charge is -2.13. The molecule has 4 heteroatoms. The molecule has 1 aliphatic carbocycles. The predicted molar refractivity (Wildman–Crippen MR) is 49.5 cm³/mol. The topological polar surface area (TPSA) is 46.5 Å². The number of hydrogen-bond donors (Lipinski definition) is 1. The van der Waals surface area contributed by atoms with Crippen molar-refractivity contribution >= 4 is 13.8 Å². The van der Waals surface area contributed by atoms with Crippen LogP contribution < -0.4 is 0 Å². The lowest BCUT2D eigenvalue weighted by Crippen LogP contribution is -2.20. The molecule has 3 unspecified atom stereocenters. The molecule has 1 aliphatic rings. The summed E-state index contributed by atoms with van der Waals surface area (Å²) in [5, 5.41) is 9.47. The van der Waals surface area contributed by atoms with Crippen LogP contribution in [-0.2, 0) is 9.53 Å². The van der Waals surface area contributed by atoms with Gasteiger partial charge >= 0.3 is 5.97 Å². The average molecular weight is 182 g/mol. The maximum atomic E-state index is 10.8. The van der Waals surface area contributed by atoms with Crippen molar-refractivity contribution in [3.05, 3.63) is 0 Å². The number of rotatable bonds is 3. The molecule has 0 saturated heterocycles. The first-order valence-electron chi connectivity index (χ1n) is 4.72. The third-order valence-electron chi connectivity index (χ3n) is 2.44. The standard InChI is InChI=1S/C9H15BO3/c1-2-9(12)13-5-6-3-7(10)4-8(6)11/h6-8,11H,2-5H2,1H3. The van der Waals surface area contributed by atoms with Crippen LogP contribution in [0.1, 0.15) is 26.2 Å². The van der Waals surface area contributed by atoms with Crippen molar-refractivity contribution in [1.82, 2.24) is 0 Å². The van der Waals surface area contributed by atoms with Gasteiger partial charge in [-0.2, -0.15) is 0 Å². The quantitative estimate of drug-likeness (QED) is 0.515. The highest BCUT2D eigenvalue weighted by molar-refractivity contribution is 6.11. The van der Waals surface area contributed by atoms with E-state index in [1.165, 1.54) is 0 Å². The molecule has 1 fully saturated rings. The van der Waals surface area contributed by atoms with Gasteiger partial charge in [0.1, 0.15) is 0 Å². The summed E-state index contributed by atoms with van der Waals surface area (Å²) in [5.41, 5.74) is 0. The number of ether oxygens (including phenoxy) is 1. The van der Waals surface area contributed by atoms with Crippen LogP contribution in [0.15, 0.2) is 0 Å². The van der Waals surface area contributed by atoms with Crippen LogP contribution in [0.25, 0.3) is 0 Å². The van der Waals surface area contributed by atoms with Crippen LogP contribution in [0.3, 0.4) is 0 Å². The molecule has 3 atom stereocenters. The monoisotopic (exact) mass is 182 g/mol. The second-order valence-corrected chi connectivity index (χ2v) is 3.60. The molecule has 0 aromatic heterocycles. The zero-order valence-corrected chi connectivity index (χ0v) is 7.90. The van der Waals surface area contributed by atoms with Crippen molar-refractivity contribution in [3.63, 3.8) is 0 Å². The summed E-state index contributed by atoms with van der Waals surface area (Å²) in [6.07, 6.45) is 1.35. The summed E-state index contributed by atoms with van der Waals surface area (Å²) >= 11 is 0. The van der Waals surface area contributed by atoms with E-state index in [4.69, 9.17) is 12.6 Å². The van der Waals surface area contributed by atoms with E-state index >= 15 is 0 Å². The first-order chi connectivity index (χ1) is 6.13. The summed E-state index contributed by atoms with van der Waals surface area (Å²) in [5.74, 6) is -0.126. The summed E-state index contributed by atoms with van der Waals surface area (Å²) in [4.78, 5) is 10.8. The molecule has 0 aromatic rings. The third kappa shape index (κ3) is 3.03. The molecule has 0 heterocycles. The largest absolute Gasteiger partial charge is 0.465 e. The Morgan fingerprint density at radius 1 is 1.62 bits per heavy atom. The molecule has 13 heavy (non-hydrogen) atoms. The van der Waals surface area contributed by atoms with Crippen molar-refractivity contribution in [2.45, 2.75) is 38.1 Å². The van der Waals surface area contributed by atoms with Crippen molar-refractivity contribution in [2.75, 3.05) is 6.61 Å². The fourth-order valence-corrected chi connectivity index (χ4v) is 1.63. The highest BCUT2D eigenvalue weighted by atomic mass is 16.5. The van der Waals surface area contributed by atoms with Crippen molar-refractivity contribution in [3.8, 4) is 0 Å². The van der Waals surface area contributed by atoms with E-state index in [0.717, 1.165) is 6.42 Å². The maximum absolute atomic E-state index is 10.8. The Morgan fingerprint density at radius 2 is 2.31 bits per heavy atom. The highest BCUT2D eigenvalue weighted by Gasteiger charge is 2.30. The first-order valence-corrected chi connectivity index (χ1v) is 4.72. The SMILES string of the molecule is [B]C1CC(O)C(COC(=O)CC)C1. The predicted octanol–water partition coefficient (Wildman–Crippen LogP) is 0.667. The highest BCUT2D eigenvalue weighted by Crippen LogP contribution is 2.33. The van der Waals surface area contributed by atoms with E-state index < -0.39 is 6.10 Å². The van der Waals surface area contributed by atoms with Crippen LogP contribution in [0, 0.1) is 5.92 Å². The van der Waals surface area contributed by atoms with Gasteiger partial charge < -0.3 is 9.84 Å². The van der Waals surface area contributed by atoms with E-state index in [-0.39, 0.29) is 17.7 Å². The minimum Gasteiger partial charge on any atom is -0.465 e. The van der Waals surface area contributed by atoms with E-state index in [1.807, 2.05) is 0 Å². The van der Waals surface area contributed by atoms with E-state index in [2.05, 4.69) is 0 Å². The Hall–Kier alpha value is -0.505. The Labute approximate surface area is 79.9 Å². The molecule has 2 radical (unpaired) electrons. The first kappa shape index (κ1) is 10.6. The van der Waals surface area contributed by atoms with Crippen LogP contribution in [0.2, 0.25) is 5.82 Å². The second-order valence-electron chi connectivity index (χ2n) is 3.60. The lowest BCUT2D eigenvalue weighted by molar-refractivity contribution is -0.145. The molecule has 72 valence electrons. The van der Waals surface area contributed by atoms with Gasteiger partial charge in [0, 0.05) is 12.3 Å². The summed E-state index contributed by atoms with van der Waals surface area (Å²) in [6, 6.07) is 0. The summed E-state index contributed by atoms with van der Waals surface area (Å²) < 4.78 is 4.94. The third-order valence-corrected chi connectivity index (χ3v) is 2.44. The van der Waals surface area contributed by atoms with Crippen LogP contribution in [0.4, 0.5) is 0 Å². The Bertz CT molecular complexity index is 184. The van der Waals surface area contributed by atoms with Gasteiger partial charge in [-0.25, -0.2) is 0 Å². The normalized spacial score (nSPS) is 33.2. The van der Waals surface area contributed by atoms with Gasteiger partial charge in [0.05, 0.1) is 20.6 Å². The van der Waals surface area contributed by atoms with E-state index in [1.54, 1.807) is 6.92 Å². The number of aliphatic hydroxyl groups is 1. The molecule has 1 rings (SSSR count). The van der Waals surface area contributed by atoms with Crippen LogP contribution in [0.5, 0.6) is 0 Å². The molecule has 0 aromatic carbocycles. The molecule has 0 aliphatic heterocycles. The van der Waals surface area contributed by atoms with Crippen molar-refractivity contribution in [2.24, 2.45) is 5.92 Å². The Kier molecular flexibility index (Phi) is 3.79. The van der Waals surface area contributed by atoms with Gasteiger partial charge in [0.25, 0.3) is 0 Å². The van der Waals surface area contributed by atoms with Gasteiger partial charge in [-0.3, -0.25) is 4.79 Å². The van der Waals surface area contributed by atoms with Gasteiger partial charge in [-0.1, -0.05) is 12.7 Å². The molecule has 0 bridgehead atoms. The van der Waals surface area contributed by atoms with E-state index in [9.17, 15) is 9.90 Å². The number of aliphatic hydroxyl groups excluding tert-OH is 1. The van der Waals surface area contributed by atoms with Gasteiger partial charge in [-0.05, 0) is 12.8 Å². The molecule has 1 N–H and O–H groups in total. The van der Waals surface area contributed by atoms with Crippen molar-refractivity contribution < 1.29 is 14.6 Å². The van der Waals surface area contributed by atoms with Gasteiger partial charge in [0.15, 0.2) is 0 Å². The minimum absolute atomic E-state index is 0.0329. The summed E-state index contributed by atoms with van der Waals surface area (Å²) in [7, 11) is 5.65. The number of esters is 1. The fraction of sp³-hybridized carbons (Fsp3) is 0.889. The zero-order chi connectivity index (χ0) is 9.84. The van der Waals surface area contributed by atoms with Crippen LogP contribution in [-0.4, -0.2) is 31.6 Å². The number of carbonyl (C=O) groups is 1. The summed E-state index contributed by atoms with van der Waals surface area (Å²) in [6.45, 7) is 2.06. The smallest absolute Gasteiger partial charge is 0.305 e. The minimum atomic E-state index is -0.403. The molecule has 3 nitrogen and oxygen atoms in total. The lowest BCUT2D eigenvalue weighted by atomic mass is 9.85. The second kappa shape index (κ2) is 4.65. The van der Waals surface area contributed by atoms with Crippen molar-refractivity contribution in [1.29, 1.82) is 0 Å². The van der Waals surface area contributed by atoms with E-state index in [0.29, 0.717) is 19.4 Å². The molecule has 0 spiro atoms. The molecule has 0 amide bonds. The number of carbonyl (C=O) groups excluding carboxylic acids is 1. The van der Waals surface area contributed by atoms with Gasteiger partial charge in [0.2, 0.25) is 0 Å². The fourth-order valence-electron chi connectivity index (χ4n) is 1.63. The molecular formula is C9H15BO3. The zero-order valence-electron chi connectivity index (χ0n) is 7.90. The molecular weight excluding hydrogens is 167 g/mol. The van der Waals surface area contributed by atoms with Gasteiger partial charge in [-0.15, -0.1) is 0 Å². The average Bonchev–Trinajstić information content (AvgIpc) is 2.41. The maximum Gasteiger partial charge on any atom is 0.305 e. The molecule has 1 saturated carbocycles. The Morgan fingerprint density at radius 3 is 2.77 bits per heavy atom. The van der Waals surface area contributed by atoms with Crippen LogP contribution >= 0.6 is 0 Å².